The number of hydrogen-bond acceptors (Lipinski definition) is 9. The number of amides is 2. The summed E-state index contributed by atoms with van der Waals surface area (Å²) in [6.45, 7) is 4.29. The van der Waals surface area contributed by atoms with Crippen LogP contribution in [-0.2, 0) is 38.4 Å². The van der Waals surface area contributed by atoms with Crippen LogP contribution in [0.15, 0.2) is 0 Å². The molecule has 0 aliphatic carbocycles. The molecule has 14 heteroatoms. The second-order valence-electron chi connectivity index (χ2n) is 9.24. The third-order valence-corrected chi connectivity index (χ3v) is 5.84. The molecule has 0 fully saturated rings. The van der Waals surface area contributed by atoms with Crippen LogP contribution in [-0.4, -0.2) is 81.0 Å². The highest BCUT2D eigenvalue weighted by Gasteiger charge is 2.34. The summed E-state index contributed by atoms with van der Waals surface area (Å²) in [5.41, 5.74) is 5.24. The molecule has 0 aromatic carbocycles. The van der Waals surface area contributed by atoms with Gasteiger partial charge in [-0.2, -0.15) is 0 Å². The van der Waals surface area contributed by atoms with Crippen molar-refractivity contribution in [2.24, 2.45) is 23.5 Å². The lowest BCUT2D eigenvalue weighted by Crippen LogP contribution is -2.48. The number of ketones is 3. The Morgan fingerprint density at radius 2 is 1.26 bits per heavy atom. The van der Waals surface area contributed by atoms with E-state index in [1.807, 2.05) is 0 Å². The molecular formula is C24H37N3O11. The third kappa shape index (κ3) is 13.0. The van der Waals surface area contributed by atoms with Crippen molar-refractivity contribution in [2.45, 2.75) is 77.8 Å². The molecule has 0 bridgehead atoms. The van der Waals surface area contributed by atoms with E-state index in [9.17, 15) is 38.4 Å². The van der Waals surface area contributed by atoms with Crippen LogP contribution in [0.25, 0.3) is 0 Å². The minimum Gasteiger partial charge on any atom is -0.481 e. The molecule has 214 valence electrons. The molecule has 0 saturated heterocycles. The average Bonchev–Trinajstić information content (AvgIpc) is 2.82. The van der Waals surface area contributed by atoms with E-state index < -0.39 is 116 Å². The van der Waals surface area contributed by atoms with E-state index >= 15 is 0 Å². The number of nitrogens with one attached hydrogen (secondary N) is 2. The second kappa shape index (κ2) is 16.9. The summed E-state index contributed by atoms with van der Waals surface area (Å²) in [5, 5.41) is 31.9. The largest absolute Gasteiger partial charge is 0.481 e. The fourth-order valence-corrected chi connectivity index (χ4v) is 3.63. The van der Waals surface area contributed by atoms with Gasteiger partial charge in [0.25, 0.3) is 0 Å². The van der Waals surface area contributed by atoms with Crippen LogP contribution >= 0.6 is 0 Å². The van der Waals surface area contributed by atoms with Crippen molar-refractivity contribution in [3.63, 3.8) is 0 Å². The number of aliphatic carboxylic acids is 3. The lowest BCUT2D eigenvalue weighted by molar-refractivity contribution is -0.143. The molecule has 14 nitrogen and oxygen atoms in total. The zero-order chi connectivity index (χ0) is 29.6. The monoisotopic (exact) mass is 543 g/mol. The van der Waals surface area contributed by atoms with Crippen LogP contribution in [0.3, 0.4) is 0 Å². The Kier molecular flexibility index (Phi) is 15.3. The standard InChI is InChI=1S/C24H37N3O11/c1-4-18(29)17(10-22(35)36)27-24(38)15(12(2)3)9-19(30)16(5-6-20(31)32)26-23(37)13(8-21(33)34)7-14(28)11-25/h12-13,15-17H,4-11,25H2,1-3H3,(H,26,37)(H,27,38)(H,31,32)(H,33,34)(H,35,36). The summed E-state index contributed by atoms with van der Waals surface area (Å²) in [6.07, 6.45) is -3.30. The maximum atomic E-state index is 13.1. The van der Waals surface area contributed by atoms with Crippen molar-refractivity contribution < 1.29 is 53.7 Å². The van der Waals surface area contributed by atoms with Gasteiger partial charge in [0.05, 0.1) is 37.4 Å². The van der Waals surface area contributed by atoms with Gasteiger partial charge in [-0.05, 0) is 12.3 Å². The summed E-state index contributed by atoms with van der Waals surface area (Å²) < 4.78 is 0. The second-order valence-corrected chi connectivity index (χ2v) is 9.24. The van der Waals surface area contributed by atoms with Gasteiger partial charge >= 0.3 is 17.9 Å². The van der Waals surface area contributed by atoms with E-state index in [0.29, 0.717) is 0 Å². The van der Waals surface area contributed by atoms with Gasteiger partial charge in [0.2, 0.25) is 11.8 Å². The highest BCUT2D eigenvalue weighted by atomic mass is 16.4. The average molecular weight is 544 g/mol. The van der Waals surface area contributed by atoms with Crippen LogP contribution in [0.2, 0.25) is 0 Å². The van der Waals surface area contributed by atoms with Crippen molar-refractivity contribution in [3.8, 4) is 0 Å². The Balaban J connectivity index is 5.83. The highest BCUT2D eigenvalue weighted by molar-refractivity contribution is 5.97. The summed E-state index contributed by atoms with van der Waals surface area (Å²) >= 11 is 0. The molecular weight excluding hydrogens is 506 g/mol. The first kappa shape index (κ1) is 34.3. The molecule has 0 aromatic rings. The highest BCUT2D eigenvalue weighted by Crippen LogP contribution is 2.20. The van der Waals surface area contributed by atoms with E-state index in [1.165, 1.54) is 6.92 Å². The van der Waals surface area contributed by atoms with E-state index in [2.05, 4.69) is 10.6 Å². The lowest BCUT2D eigenvalue weighted by Gasteiger charge is -2.26. The fourth-order valence-electron chi connectivity index (χ4n) is 3.63. The number of carbonyl (C=O) groups is 8. The minimum atomic E-state index is -1.41. The van der Waals surface area contributed by atoms with Gasteiger partial charge in [0, 0.05) is 31.6 Å². The molecule has 4 atom stereocenters. The van der Waals surface area contributed by atoms with Crippen LogP contribution in [0.1, 0.15) is 65.7 Å². The summed E-state index contributed by atoms with van der Waals surface area (Å²) in [4.78, 5) is 96.0. The van der Waals surface area contributed by atoms with E-state index in [-0.39, 0.29) is 12.8 Å². The van der Waals surface area contributed by atoms with E-state index in [4.69, 9.17) is 21.1 Å². The first-order chi connectivity index (χ1) is 17.6. The van der Waals surface area contributed by atoms with E-state index in [1.54, 1.807) is 13.8 Å². The van der Waals surface area contributed by atoms with Gasteiger partial charge in [-0.15, -0.1) is 0 Å². The van der Waals surface area contributed by atoms with Crippen LogP contribution in [0.4, 0.5) is 0 Å². The van der Waals surface area contributed by atoms with Gasteiger partial charge in [-0.25, -0.2) is 0 Å². The van der Waals surface area contributed by atoms with Crippen LogP contribution in [0, 0.1) is 17.8 Å². The Hall–Kier alpha value is -3.68. The Labute approximate surface area is 219 Å². The zero-order valence-electron chi connectivity index (χ0n) is 21.7. The number of rotatable bonds is 20. The van der Waals surface area contributed by atoms with Crippen LogP contribution < -0.4 is 16.4 Å². The first-order valence-electron chi connectivity index (χ1n) is 12.2. The molecule has 0 aromatic heterocycles. The SMILES string of the molecule is CCC(=O)C(CC(=O)O)NC(=O)C(CC(=O)C(CCC(=O)O)NC(=O)C(CC(=O)O)CC(=O)CN)C(C)C. The topological polar surface area (TPSA) is 247 Å². The molecule has 0 aliphatic rings. The normalized spacial score (nSPS) is 14.0. The van der Waals surface area contributed by atoms with Crippen molar-refractivity contribution in [3.05, 3.63) is 0 Å². The Morgan fingerprint density at radius 3 is 1.71 bits per heavy atom. The smallest absolute Gasteiger partial charge is 0.305 e. The first-order valence-corrected chi connectivity index (χ1v) is 12.2. The van der Waals surface area contributed by atoms with Gasteiger partial charge in [0.1, 0.15) is 5.78 Å². The van der Waals surface area contributed by atoms with Crippen LogP contribution in [0.5, 0.6) is 0 Å². The predicted molar refractivity (Wildman–Crippen MR) is 131 cm³/mol. The molecule has 4 unspecified atom stereocenters. The summed E-state index contributed by atoms with van der Waals surface area (Å²) in [7, 11) is 0. The number of Topliss-reactive ketones (excluding diaryl/α,β-unsaturated/α-hetero) is 3. The Morgan fingerprint density at radius 1 is 0.711 bits per heavy atom. The number of carboxylic acids is 3. The molecule has 7 N–H and O–H groups in total. The number of carbonyl (C=O) groups excluding carboxylic acids is 5. The third-order valence-electron chi connectivity index (χ3n) is 5.84. The molecule has 0 rings (SSSR count). The number of hydrogen-bond donors (Lipinski definition) is 6. The van der Waals surface area contributed by atoms with Crippen molar-refractivity contribution >= 4 is 47.1 Å². The maximum Gasteiger partial charge on any atom is 0.305 e. The number of nitrogens with two attached hydrogens (primary N) is 1. The molecule has 0 saturated carbocycles. The molecule has 0 heterocycles. The van der Waals surface area contributed by atoms with Gasteiger partial charge in [-0.1, -0.05) is 20.8 Å². The van der Waals surface area contributed by atoms with Crippen molar-refractivity contribution in [1.29, 1.82) is 0 Å². The molecule has 38 heavy (non-hydrogen) atoms. The number of carboxylic acid groups (broad SMARTS) is 3. The molecule has 2 amide bonds. The summed E-state index contributed by atoms with van der Waals surface area (Å²) in [6, 6.07) is -2.72. The molecule has 0 radical (unpaired) electrons. The Bertz CT molecular complexity index is 916. The van der Waals surface area contributed by atoms with Gasteiger partial charge < -0.3 is 31.7 Å². The van der Waals surface area contributed by atoms with Gasteiger partial charge in [0.15, 0.2) is 11.6 Å². The van der Waals surface area contributed by atoms with Crippen molar-refractivity contribution in [1.82, 2.24) is 10.6 Å². The zero-order valence-corrected chi connectivity index (χ0v) is 21.7. The van der Waals surface area contributed by atoms with E-state index in [0.717, 1.165) is 0 Å². The van der Waals surface area contributed by atoms with Gasteiger partial charge in [-0.3, -0.25) is 38.4 Å². The molecule has 0 spiro atoms. The fraction of sp³-hybridized carbons (Fsp3) is 0.667. The lowest BCUT2D eigenvalue weighted by atomic mass is 9.86. The molecule has 0 aliphatic heterocycles. The maximum absolute atomic E-state index is 13.1. The predicted octanol–water partition coefficient (Wildman–Crippen LogP) is -0.485. The van der Waals surface area contributed by atoms with Crippen molar-refractivity contribution in [2.75, 3.05) is 6.54 Å². The summed E-state index contributed by atoms with van der Waals surface area (Å²) in [5.74, 6) is -10.4. The minimum absolute atomic E-state index is 0.0308. The quantitative estimate of drug-likeness (QED) is 0.114.